The molecule has 3 aromatic heterocycles. The fourth-order valence-corrected chi connectivity index (χ4v) is 9.88. The topological polar surface area (TPSA) is 35.9 Å². The smallest absolute Gasteiger partial charge is 0.268 e. The summed E-state index contributed by atoms with van der Waals surface area (Å²) in [7, 11) is 0. The molecule has 3 heterocycles. The quantitative estimate of drug-likeness (QED) is 0.101. The first-order valence-electron chi connectivity index (χ1n) is 29.6. The van der Waals surface area contributed by atoms with Crippen LogP contribution >= 0.6 is 0 Å². The molecule has 0 saturated heterocycles. The van der Waals surface area contributed by atoms with Crippen LogP contribution in [0.4, 0.5) is 0 Å². The number of pyridine rings is 1. The van der Waals surface area contributed by atoms with E-state index in [2.05, 4.69) is 80.2 Å². The first-order chi connectivity index (χ1) is 40.9. The van der Waals surface area contributed by atoms with Gasteiger partial charge >= 0.3 is 0 Å². The molecule has 0 bridgehead atoms. The normalized spacial score (nSPS) is 13.4. The number of rotatable bonds is 10. The maximum atomic E-state index is 9.25. The van der Waals surface area contributed by atoms with Crippen molar-refractivity contribution in [2.24, 2.45) is 0 Å². The molecule has 0 amide bonds. The second-order valence-electron chi connectivity index (χ2n) is 19.3. The van der Waals surface area contributed by atoms with Crippen LogP contribution in [0.5, 0.6) is 11.5 Å². The van der Waals surface area contributed by atoms with Gasteiger partial charge in [-0.1, -0.05) is 220 Å². The van der Waals surface area contributed by atoms with Gasteiger partial charge in [-0.25, -0.2) is 4.98 Å². The molecule has 6 heteroatoms. The molecule has 368 valence electrons. The molecule has 13 aromatic rings. The summed E-state index contributed by atoms with van der Waals surface area (Å²) in [6.45, 7) is 6.54. The largest absolute Gasteiger partial charge is 0.510 e. The predicted octanol–water partition coefficient (Wildman–Crippen LogP) is 17.2. The van der Waals surface area contributed by atoms with Crippen LogP contribution in [0.3, 0.4) is 0 Å². The zero-order valence-corrected chi connectivity index (χ0v) is 43.7. The number of para-hydroxylation sites is 1. The van der Waals surface area contributed by atoms with Gasteiger partial charge in [0.15, 0.2) is 0 Å². The molecule has 0 atom stereocenters. The number of hydrogen-bond donors (Lipinski definition) is 0. The van der Waals surface area contributed by atoms with Crippen LogP contribution in [-0.2, 0) is 26.5 Å². The predicted molar refractivity (Wildman–Crippen MR) is 306 cm³/mol. The van der Waals surface area contributed by atoms with Gasteiger partial charge in [-0.15, -0.1) is 35.2 Å². The van der Waals surface area contributed by atoms with Crippen LogP contribution in [0.25, 0.3) is 106 Å². The summed E-state index contributed by atoms with van der Waals surface area (Å²) in [6.07, 6.45) is 5.41. The third kappa shape index (κ3) is 9.03. The Morgan fingerprint density at radius 2 is 1.11 bits per heavy atom. The van der Waals surface area contributed by atoms with E-state index in [1.165, 1.54) is 0 Å². The van der Waals surface area contributed by atoms with Crippen LogP contribution in [0.1, 0.15) is 40.0 Å². The van der Waals surface area contributed by atoms with Gasteiger partial charge in [0.05, 0.1) is 30.4 Å². The Morgan fingerprint density at radius 1 is 0.500 bits per heavy atom. The Bertz CT molecular complexity index is 4710. The molecule has 0 aliphatic carbocycles. The second-order valence-corrected chi connectivity index (χ2v) is 19.3. The van der Waals surface area contributed by atoms with E-state index in [0.29, 0.717) is 28.2 Å². The van der Waals surface area contributed by atoms with Crippen molar-refractivity contribution in [3.8, 4) is 84.3 Å². The first-order valence-corrected chi connectivity index (χ1v) is 24.6. The SMILES string of the molecule is [2H]c1c([2H])c([2H])c(-c2cccc(-c3c([2H])c([2H])c([2H])c([2H])c3[2H])c2-[n+]2[c-]n(-c3[c-]c(Oc4[c-]c5c(cc4)c4cc(-c6ccccc6)ccc4n5-c4cc(C(C)(C)C)ccn4)cc(-c4ccccc4)c3)c3cc(-c4ccccc4)ccc32)c([2H])c1[2H].[Pt]. The third-order valence-electron chi connectivity index (χ3n) is 13.6. The Kier molecular flexibility index (Phi) is 9.99. The monoisotopic (exact) mass is 1170 g/mol. The Hall–Kier alpha value is -8.89. The molecule has 0 aliphatic heterocycles. The summed E-state index contributed by atoms with van der Waals surface area (Å²) in [5, 5.41) is 1.97. The van der Waals surface area contributed by atoms with E-state index in [9.17, 15) is 5.48 Å². The summed E-state index contributed by atoms with van der Waals surface area (Å²) in [5.74, 6) is 1.46. The number of hydrogen-bond acceptors (Lipinski definition) is 2. The molecule has 0 N–H and O–H groups in total. The van der Waals surface area contributed by atoms with Crippen LogP contribution in [0, 0.1) is 18.5 Å². The molecule has 5 nitrogen and oxygen atoms in total. The number of benzene rings is 10. The maximum Gasteiger partial charge on any atom is 0.268 e. The van der Waals surface area contributed by atoms with Crippen molar-refractivity contribution in [1.29, 1.82) is 0 Å². The van der Waals surface area contributed by atoms with Gasteiger partial charge in [0.2, 0.25) is 0 Å². The average Bonchev–Trinajstić information content (AvgIpc) is 1.54. The minimum atomic E-state index is -0.585. The summed E-state index contributed by atoms with van der Waals surface area (Å²) in [4.78, 5) is 4.94. The maximum absolute atomic E-state index is 9.25. The molecule has 0 fully saturated rings. The van der Waals surface area contributed by atoms with E-state index in [4.69, 9.17) is 17.9 Å². The van der Waals surface area contributed by atoms with Crippen LogP contribution in [0.15, 0.2) is 249 Å². The fourth-order valence-electron chi connectivity index (χ4n) is 9.88. The van der Waals surface area contributed by atoms with Gasteiger partial charge in [-0.05, 0) is 96.4 Å². The van der Waals surface area contributed by atoms with Crippen LogP contribution in [-0.4, -0.2) is 14.1 Å². The number of nitrogens with zero attached hydrogens (tertiary/aromatic N) is 4. The van der Waals surface area contributed by atoms with Gasteiger partial charge in [0.1, 0.15) is 5.82 Å². The molecule has 10 aromatic carbocycles. The average molecular weight is 1170 g/mol. The van der Waals surface area contributed by atoms with Crippen molar-refractivity contribution in [3.63, 3.8) is 0 Å². The molecular weight excluding hydrogens is 1110 g/mol. The third-order valence-corrected chi connectivity index (χ3v) is 13.6. The summed E-state index contributed by atoms with van der Waals surface area (Å²) < 4.78 is 102. The Labute approximate surface area is 471 Å². The van der Waals surface area contributed by atoms with E-state index < -0.39 is 60.4 Å². The van der Waals surface area contributed by atoms with Crippen molar-refractivity contribution < 1.29 is 44.1 Å². The summed E-state index contributed by atoms with van der Waals surface area (Å²) in [5.41, 5.74) is 9.81. The van der Waals surface area contributed by atoms with Crippen molar-refractivity contribution >= 4 is 32.8 Å². The number of imidazole rings is 1. The number of fused-ring (bicyclic) bond motifs is 4. The molecule has 0 radical (unpaired) electrons. The fraction of sp³-hybridized carbons (Fsp3) is 0.0571. The van der Waals surface area contributed by atoms with Gasteiger partial charge < -0.3 is 13.9 Å². The molecule has 0 unspecified atom stereocenters. The van der Waals surface area contributed by atoms with Crippen LogP contribution < -0.4 is 9.30 Å². The molecule has 0 aliphatic rings. The van der Waals surface area contributed by atoms with Crippen molar-refractivity contribution in [1.82, 2.24) is 14.1 Å². The number of ether oxygens (including phenoxy) is 1. The van der Waals surface area contributed by atoms with E-state index in [-0.39, 0.29) is 54.4 Å². The molecule has 0 saturated carbocycles. The van der Waals surface area contributed by atoms with Gasteiger partial charge in [-0.2, -0.15) is 12.1 Å². The zero-order valence-electron chi connectivity index (χ0n) is 51.4. The van der Waals surface area contributed by atoms with E-state index in [1.54, 1.807) is 27.3 Å². The van der Waals surface area contributed by atoms with E-state index in [1.807, 2.05) is 134 Å². The van der Waals surface area contributed by atoms with Crippen molar-refractivity contribution in [2.45, 2.75) is 26.2 Å². The first kappa shape index (κ1) is 37.8. The van der Waals surface area contributed by atoms with E-state index in [0.717, 1.165) is 66.6 Å². The summed E-state index contributed by atoms with van der Waals surface area (Å²) >= 11 is 0. The zero-order chi connectivity index (χ0) is 59.2. The molecule has 0 spiro atoms. The van der Waals surface area contributed by atoms with Crippen molar-refractivity contribution in [3.05, 3.63) is 273 Å². The Morgan fingerprint density at radius 3 is 1.74 bits per heavy atom. The second kappa shape index (κ2) is 20.1. The molecule has 76 heavy (non-hydrogen) atoms. The van der Waals surface area contributed by atoms with Gasteiger partial charge in [-0.3, -0.25) is 4.57 Å². The minimum Gasteiger partial charge on any atom is -0.510 e. The van der Waals surface area contributed by atoms with E-state index >= 15 is 0 Å². The molecule has 13 rings (SSSR count). The number of aromatic nitrogens is 4. The molecular formula is C70H50N4OPt-2. The van der Waals surface area contributed by atoms with Crippen LogP contribution in [0.2, 0.25) is 0 Å². The standard InChI is InChI=1S/C70H50N4O.Pt/c1-70(2,3)56-38-39-71-68(44-56)74-64-36-32-53(48-20-9-4-10-21-48)42-63(64)62-35-34-58(46-66(62)74)75-59-41-55(50-24-13-6-14-25-50)40-57(45-59)72-47-73(65-37-33-54(43-67(65)72)49-22-11-5-12-23-49)69-60(51-26-15-7-16-27-51)30-19-31-61(69)52-28-17-8-18-29-52;/h4-44H,1-3H3;/q-2;/i7D,8D,15D,16D,17D,18D,26D,27D,28D,29D;. The summed E-state index contributed by atoms with van der Waals surface area (Å²) in [6, 6.07) is 60.8. The Balaban J connectivity index is 0.00000724. The van der Waals surface area contributed by atoms with Gasteiger partial charge in [0, 0.05) is 44.3 Å². The van der Waals surface area contributed by atoms with Gasteiger partial charge in [0.25, 0.3) is 6.33 Å². The van der Waals surface area contributed by atoms with Crippen molar-refractivity contribution in [2.75, 3.05) is 0 Å². The minimum absolute atomic E-state index is 0.